The molecule has 4 rings (SSSR count). The third kappa shape index (κ3) is 3.46. The number of hydrogen-bond donors (Lipinski definition) is 2. The Labute approximate surface area is 152 Å². The molecule has 1 aromatic carbocycles. The van der Waals surface area contributed by atoms with Gasteiger partial charge in [0.15, 0.2) is 11.7 Å². The minimum atomic E-state index is 0.585. The Morgan fingerprint density at radius 3 is 2.96 bits per heavy atom. The molecular weight excluding hydrogens is 328 g/mol. The molecule has 3 aromatic rings. The second-order valence-corrected chi connectivity index (χ2v) is 6.25. The number of fused-ring (bicyclic) bond motifs is 1. The predicted octanol–water partition coefficient (Wildman–Crippen LogP) is 2.24. The smallest absolute Gasteiger partial charge is 0.216 e. The average molecular weight is 350 g/mol. The summed E-state index contributed by atoms with van der Waals surface area (Å²) in [5.74, 6) is 3.00. The molecule has 2 N–H and O–H groups in total. The second kappa shape index (κ2) is 7.43. The van der Waals surface area contributed by atoms with E-state index in [2.05, 4.69) is 54.7 Å². The van der Waals surface area contributed by atoms with Crippen LogP contribution in [-0.2, 0) is 19.4 Å². The van der Waals surface area contributed by atoms with Crippen LogP contribution in [0.5, 0.6) is 0 Å². The van der Waals surface area contributed by atoms with Crippen LogP contribution in [0.25, 0.3) is 11.6 Å². The summed E-state index contributed by atoms with van der Waals surface area (Å²) in [6.45, 7) is 2.60. The van der Waals surface area contributed by atoms with Crippen molar-refractivity contribution in [2.75, 3.05) is 20.1 Å². The van der Waals surface area contributed by atoms with Gasteiger partial charge in [0.05, 0.1) is 6.26 Å². The molecule has 1 aliphatic heterocycles. The summed E-state index contributed by atoms with van der Waals surface area (Å²) in [4.78, 5) is 11.2. The van der Waals surface area contributed by atoms with Gasteiger partial charge in [-0.05, 0) is 29.7 Å². The Morgan fingerprint density at radius 2 is 2.15 bits per heavy atom. The molecule has 134 valence electrons. The van der Waals surface area contributed by atoms with Gasteiger partial charge in [0, 0.05) is 33.1 Å². The molecule has 0 bridgehead atoms. The number of aliphatic imine (C=N–C) groups is 1. The first-order valence-corrected chi connectivity index (χ1v) is 8.81. The van der Waals surface area contributed by atoms with E-state index < -0.39 is 0 Å². The van der Waals surface area contributed by atoms with Gasteiger partial charge in [0.2, 0.25) is 5.82 Å². The van der Waals surface area contributed by atoms with Gasteiger partial charge < -0.3 is 14.6 Å². The van der Waals surface area contributed by atoms with Gasteiger partial charge in [-0.1, -0.05) is 24.3 Å². The first-order chi connectivity index (χ1) is 12.8. The molecule has 0 amide bonds. The average Bonchev–Trinajstić information content (AvgIpc) is 3.36. The van der Waals surface area contributed by atoms with Gasteiger partial charge >= 0.3 is 0 Å². The van der Waals surface area contributed by atoms with Crippen LogP contribution in [0, 0.1) is 0 Å². The van der Waals surface area contributed by atoms with Crippen molar-refractivity contribution in [3.05, 3.63) is 59.6 Å². The van der Waals surface area contributed by atoms with Crippen molar-refractivity contribution in [3.8, 4) is 11.6 Å². The SMILES string of the molecule is CN=C(NCCc1nc(-c2ccco2)n[nH]1)N1CCc2ccccc2C1. The molecule has 0 saturated carbocycles. The van der Waals surface area contributed by atoms with Crippen LogP contribution in [0.4, 0.5) is 0 Å². The Kier molecular flexibility index (Phi) is 4.68. The minimum Gasteiger partial charge on any atom is -0.461 e. The molecule has 26 heavy (non-hydrogen) atoms. The number of aromatic nitrogens is 3. The van der Waals surface area contributed by atoms with Gasteiger partial charge in [0.1, 0.15) is 5.82 Å². The topological polar surface area (TPSA) is 82.3 Å². The largest absolute Gasteiger partial charge is 0.461 e. The lowest BCUT2D eigenvalue weighted by Gasteiger charge is -2.31. The third-order valence-electron chi connectivity index (χ3n) is 4.56. The van der Waals surface area contributed by atoms with Crippen LogP contribution in [-0.4, -0.2) is 46.2 Å². The van der Waals surface area contributed by atoms with Crippen molar-refractivity contribution >= 4 is 5.96 Å². The van der Waals surface area contributed by atoms with Crippen molar-refractivity contribution in [3.63, 3.8) is 0 Å². The van der Waals surface area contributed by atoms with E-state index in [1.54, 1.807) is 6.26 Å². The lowest BCUT2D eigenvalue weighted by molar-refractivity contribution is 0.379. The zero-order valence-electron chi connectivity index (χ0n) is 14.8. The van der Waals surface area contributed by atoms with Gasteiger partial charge in [0.25, 0.3) is 0 Å². The number of benzene rings is 1. The molecule has 0 saturated heterocycles. The fourth-order valence-corrected chi connectivity index (χ4v) is 3.22. The second-order valence-electron chi connectivity index (χ2n) is 6.25. The van der Waals surface area contributed by atoms with E-state index >= 15 is 0 Å². The summed E-state index contributed by atoms with van der Waals surface area (Å²) in [6, 6.07) is 12.3. The first-order valence-electron chi connectivity index (χ1n) is 8.81. The van der Waals surface area contributed by atoms with Gasteiger partial charge in [-0.2, -0.15) is 5.10 Å². The van der Waals surface area contributed by atoms with Crippen LogP contribution in [0.2, 0.25) is 0 Å². The predicted molar refractivity (Wildman–Crippen MR) is 99.7 cm³/mol. The van der Waals surface area contributed by atoms with E-state index in [0.29, 0.717) is 11.6 Å². The van der Waals surface area contributed by atoms with Gasteiger partial charge in [-0.15, -0.1) is 0 Å². The third-order valence-corrected chi connectivity index (χ3v) is 4.56. The van der Waals surface area contributed by atoms with Crippen molar-refractivity contribution in [2.24, 2.45) is 4.99 Å². The maximum Gasteiger partial charge on any atom is 0.216 e. The van der Waals surface area contributed by atoms with Crippen LogP contribution in [0.3, 0.4) is 0 Å². The van der Waals surface area contributed by atoms with Crippen molar-refractivity contribution in [1.29, 1.82) is 0 Å². The van der Waals surface area contributed by atoms with Crippen LogP contribution in [0.15, 0.2) is 52.1 Å². The number of nitrogens with zero attached hydrogens (tertiary/aromatic N) is 4. The Morgan fingerprint density at radius 1 is 1.27 bits per heavy atom. The molecule has 0 radical (unpaired) electrons. The zero-order chi connectivity index (χ0) is 17.8. The minimum absolute atomic E-state index is 0.585. The first kappa shape index (κ1) is 16.4. The number of aromatic amines is 1. The summed E-state index contributed by atoms with van der Waals surface area (Å²) in [6.07, 6.45) is 3.40. The molecule has 3 heterocycles. The Balaban J connectivity index is 1.32. The maximum absolute atomic E-state index is 5.31. The number of rotatable bonds is 4. The lowest BCUT2D eigenvalue weighted by atomic mass is 10.0. The highest BCUT2D eigenvalue weighted by molar-refractivity contribution is 5.80. The molecule has 1 aliphatic rings. The standard InChI is InChI=1S/C19H22N6O/c1-20-19(25-11-9-14-5-2-3-6-15(14)13-25)21-10-8-17-22-18(24-23-17)16-7-4-12-26-16/h2-7,12H,8-11,13H2,1H3,(H,20,21)(H,22,23,24). The van der Waals surface area contributed by atoms with E-state index in [4.69, 9.17) is 4.42 Å². The molecule has 0 aliphatic carbocycles. The monoisotopic (exact) mass is 350 g/mol. The van der Waals surface area contributed by atoms with E-state index in [9.17, 15) is 0 Å². The highest BCUT2D eigenvalue weighted by Gasteiger charge is 2.18. The molecule has 0 fully saturated rings. The summed E-state index contributed by atoms with van der Waals surface area (Å²) in [5.41, 5.74) is 2.81. The number of nitrogens with one attached hydrogen (secondary N) is 2. The zero-order valence-corrected chi connectivity index (χ0v) is 14.8. The van der Waals surface area contributed by atoms with E-state index in [1.807, 2.05) is 19.2 Å². The number of furan rings is 1. The molecule has 0 atom stereocenters. The van der Waals surface area contributed by atoms with E-state index in [-0.39, 0.29) is 0 Å². The summed E-state index contributed by atoms with van der Waals surface area (Å²) < 4.78 is 5.31. The van der Waals surface area contributed by atoms with Crippen molar-refractivity contribution in [2.45, 2.75) is 19.4 Å². The quantitative estimate of drug-likeness (QED) is 0.557. The van der Waals surface area contributed by atoms with Crippen LogP contribution in [0.1, 0.15) is 17.0 Å². The highest BCUT2D eigenvalue weighted by atomic mass is 16.3. The fourth-order valence-electron chi connectivity index (χ4n) is 3.22. The highest BCUT2D eigenvalue weighted by Crippen LogP contribution is 2.18. The van der Waals surface area contributed by atoms with Crippen LogP contribution < -0.4 is 5.32 Å². The molecule has 0 spiro atoms. The van der Waals surface area contributed by atoms with E-state index in [1.165, 1.54) is 11.1 Å². The van der Waals surface area contributed by atoms with Crippen molar-refractivity contribution in [1.82, 2.24) is 25.4 Å². The summed E-state index contributed by atoms with van der Waals surface area (Å²) >= 11 is 0. The molecule has 7 heteroatoms. The molecular formula is C19H22N6O. The van der Waals surface area contributed by atoms with Gasteiger partial charge in [-0.25, -0.2) is 4.98 Å². The molecule has 0 unspecified atom stereocenters. The Hall–Kier alpha value is -3.09. The van der Waals surface area contributed by atoms with Crippen molar-refractivity contribution < 1.29 is 4.42 Å². The fraction of sp³-hybridized carbons (Fsp3) is 0.316. The van der Waals surface area contributed by atoms with E-state index in [0.717, 1.165) is 44.3 Å². The normalized spacial score (nSPS) is 14.3. The molecule has 7 nitrogen and oxygen atoms in total. The number of hydrogen-bond acceptors (Lipinski definition) is 4. The Bertz CT molecular complexity index is 883. The maximum atomic E-state index is 5.31. The van der Waals surface area contributed by atoms with Crippen LogP contribution >= 0.6 is 0 Å². The number of guanidine groups is 1. The summed E-state index contributed by atoms with van der Waals surface area (Å²) in [5, 5.41) is 10.6. The molecule has 2 aromatic heterocycles. The number of H-pyrrole nitrogens is 1. The van der Waals surface area contributed by atoms with Gasteiger partial charge in [-0.3, -0.25) is 10.1 Å². The summed E-state index contributed by atoms with van der Waals surface area (Å²) in [7, 11) is 1.83. The lowest BCUT2D eigenvalue weighted by Crippen LogP contribution is -2.44.